The van der Waals surface area contributed by atoms with Crippen LogP contribution in [0.15, 0.2) is 18.2 Å². The largest absolute Gasteiger partial charge is 0.453 e. The molecule has 0 radical (unpaired) electrons. The smallest absolute Gasteiger partial charge is 0.202 e. The third-order valence-corrected chi connectivity index (χ3v) is 3.44. The van der Waals surface area contributed by atoms with Crippen LogP contribution in [0.2, 0.25) is 0 Å². The minimum Gasteiger partial charge on any atom is -0.202 e. The molecule has 2 heterocycles. The molecule has 1 aromatic carbocycles. The minimum absolute atomic E-state index is 0.265. The Morgan fingerprint density at radius 1 is 1.29 bits per heavy atom. The highest BCUT2D eigenvalue weighted by Gasteiger charge is 2.36. The fourth-order valence-corrected chi connectivity index (χ4v) is 2.75. The number of benzene rings is 1. The molecule has 2 aromatic heterocycles. The molecular formula is C10H6F3N3S. The molecule has 0 aliphatic rings. The molecule has 88 valence electrons. The van der Waals surface area contributed by atoms with Gasteiger partial charge in [-0.1, -0.05) is 23.5 Å². The third kappa shape index (κ3) is 1.49. The van der Waals surface area contributed by atoms with Crippen LogP contribution < -0.4 is 0 Å². The van der Waals surface area contributed by atoms with Crippen LogP contribution >= 0.6 is 11.3 Å². The number of nitrogens with zero attached hydrogens (tertiary/aromatic N) is 3. The average molecular weight is 257 g/mol. The van der Waals surface area contributed by atoms with Crippen LogP contribution in [0.1, 0.15) is 11.4 Å². The van der Waals surface area contributed by atoms with E-state index in [-0.39, 0.29) is 4.96 Å². The van der Waals surface area contributed by atoms with Crippen LogP contribution in [-0.2, 0) is 6.18 Å². The van der Waals surface area contributed by atoms with Crippen molar-refractivity contribution in [1.82, 2.24) is 14.6 Å². The number of rotatable bonds is 0. The summed E-state index contributed by atoms with van der Waals surface area (Å²) in [6, 6.07) is 5.54. The van der Waals surface area contributed by atoms with E-state index in [0.717, 1.165) is 10.3 Å². The third-order valence-electron chi connectivity index (χ3n) is 2.44. The SMILES string of the molecule is Cc1cccc2sc3nc(C(F)(F)F)nn3c12. The second-order valence-corrected chi connectivity index (χ2v) is 4.66. The molecule has 3 nitrogen and oxygen atoms in total. The lowest BCUT2D eigenvalue weighted by molar-refractivity contribution is -0.144. The van der Waals surface area contributed by atoms with Gasteiger partial charge in [0.05, 0.1) is 10.2 Å². The average Bonchev–Trinajstić information content (AvgIpc) is 2.72. The molecule has 0 aliphatic heterocycles. The highest BCUT2D eigenvalue weighted by molar-refractivity contribution is 7.23. The zero-order valence-electron chi connectivity index (χ0n) is 8.62. The number of fused-ring (bicyclic) bond motifs is 3. The van der Waals surface area contributed by atoms with Crippen molar-refractivity contribution in [3.63, 3.8) is 0 Å². The number of para-hydroxylation sites is 1. The Bertz CT molecular complexity index is 711. The lowest BCUT2D eigenvalue weighted by Crippen LogP contribution is -2.07. The summed E-state index contributed by atoms with van der Waals surface area (Å²) in [5.41, 5.74) is 1.57. The summed E-state index contributed by atoms with van der Waals surface area (Å²) in [6.45, 7) is 1.84. The zero-order chi connectivity index (χ0) is 12.2. The van der Waals surface area contributed by atoms with Gasteiger partial charge in [0.2, 0.25) is 4.96 Å². The highest BCUT2D eigenvalue weighted by atomic mass is 32.1. The summed E-state index contributed by atoms with van der Waals surface area (Å²) in [6.07, 6.45) is -4.50. The van der Waals surface area contributed by atoms with E-state index in [9.17, 15) is 13.2 Å². The predicted octanol–water partition coefficient (Wildman–Crippen LogP) is 3.27. The van der Waals surface area contributed by atoms with Crippen molar-refractivity contribution in [2.24, 2.45) is 0 Å². The maximum absolute atomic E-state index is 12.5. The monoisotopic (exact) mass is 257 g/mol. The van der Waals surface area contributed by atoms with E-state index in [1.54, 1.807) is 0 Å². The molecule has 0 amide bonds. The van der Waals surface area contributed by atoms with Crippen molar-refractivity contribution in [2.45, 2.75) is 13.1 Å². The molecule has 7 heteroatoms. The van der Waals surface area contributed by atoms with Crippen molar-refractivity contribution >= 4 is 26.5 Å². The fourth-order valence-electron chi connectivity index (χ4n) is 1.71. The van der Waals surface area contributed by atoms with E-state index in [2.05, 4.69) is 10.1 Å². The quantitative estimate of drug-likeness (QED) is 0.618. The van der Waals surface area contributed by atoms with Gasteiger partial charge in [-0.05, 0) is 18.6 Å². The Hall–Kier alpha value is -1.63. The van der Waals surface area contributed by atoms with E-state index in [1.807, 2.05) is 25.1 Å². The molecule has 3 rings (SSSR count). The van der Waals surface area contributed by atoms with E-state index < -0.39 is 12.0 Å². The van der Waals surface area contributed by atoms with Gasteiger partial charge in [0.15, 0.2) is 0 Å². The standard InChI is InChI=1S/C10H6F3N3S/c1-5-3-2-4-6-7(5)16-9(17-6)14-8(15-16)10(11,12)13/h2-4H,1H3. The molecule has 0 N–H and O–H groups in total. The molecule has 3 aromatic rings. The molecule has 0 atom stereocenters. The van der Waals surface area contributed by atoms with Crippen molar-refractivity contribution < 1.29 is 13.2 Å². The highest BCUT2D eigenvalue weighted by Crippen LogP contribution is 2.31. The molecule has 0 bridgehead atoms. The second-order valence-electron chi connectivity index (χ2n) is 3.65. The zero-order valence-corrected chi connectivity index (χ0v) is 9.43. The Kier molecular flexibility index (Phi) is 1.97. The number of aromatic nitrogens is 3. The van der Waals surface area contributed by atoms with Crippen molar-refractivity contribution in [3.8, 4) is 0 Å². The summed E-state index contributed by atoms with van der Waals surface area (Å²) < 4.78 is 39.6. The van der Waals surface area contributed by atoms with Gasteiger partial charge in [0.25, 0.3) is 5.82 Å². The predicted molar refractivity (Wildman–Crippen MR) is 58.1 cm³/mol. The van der Waals surface area contributed by atoms with Crippen molar-refractivity contribution in [3.05, 3.63) is 29.6 Å². The van der Waals surface area contributed by atoms with Gasteiger partial charge in [-0.15, -0.1) is 5.10 Å². The fraction of sp³-hybridized carbons (Fsp3) is 0.200. The van der Waals surface area contributed by atoms with Gasteiger partial charge in [-0.3, -0.25) is 0 Å². The molecule has 0 fully saturated rings. The molecule has 17 heavy (non-hydrogen) atoms. The number of aryl methyl sites for hydroxylation is 1. The van der Waals surface area contributed by atoms with E-state index in [0.29, 0.717) is 5.52 Å². The molecule has 0 aliphatic carbocycles. The van der Waals surface area contributed by atoms with Crippen LogP contribution in [-0.4, -0.2) is 14.6 Å². The second kappa shape index (κ2) is 3.19. The summed E-state index contributed by atoms with van der Waals surface area (Å²) in [5, 5.41) is 3.52. The number of alkyl halides is 3. The number of hydrogen-bond donors (Lipinski definition) is 0. The molecule has 0 saturated carbocycles. The topological polar surface area (TPSA) is 30.2 Å². The van der Waals surface area contributed by atoms with Gasteiger partial charge in [-0.2, -0.15) is 18.2 Å². The van der Waals surface area contributed by atoms with Gasteiger partial charge < -0.3 is 0 Å². The van der Waals surface area contributed by atoms with Crippen LogP contribution in [0.3, 0.4) is 0 Å². The Morgan fingerprint density at radius 2 is 2.06 bits per heavy atom. The van der Waals surface area contributed by atoms with Crippen LogP contribution in [0.5, 0.6) is 0 Å². The van der Waals surface area contributed by atoms with Gasteiger partial charge in [0.1, 0.15) is 0 Å². The minimum atomic E-state index is -4.50. The number of halogens is 3. The van der Waals surface area contributed by atoms with Crippen molar-refractivity contribution in [2.75, 3.05) is 0 Å². The normalized spacial score (nSPS) is 12.7. The first kappa shape index (κ1) is 10.5. The molecular weight excluding hydrogens is 251 g/mol. The Balaban J connectivity index is 2.39. The maximum atomic E-state index is 12.5. The van der Waals surface area contributed by atoms with Crippen LogP contribution in [0, 0.1) is 6.92 Å². The number of thiazole rings is 1. The molecule has 0 spiro atoms. The van der Waals surface area contributed by atoms with Crippen LogP contribution in [0.25, 0.3) is 15.2 Å². The van der Waals surface area contributed by atoms with Crippen LogP contribution in [0.4, 0.5) is 13.2 Å². The first-order valence-corrected chi connectivity index (χ1v) is 5.60. The van der Waals surface area contributed by atoms with E-state index in [1.165, 1.54) is 15.9 Å². The lowest BCUT2D eigenvalue weighted by Gasteiger charge is -1.98. The van der Waals surface area contributed by atoms with E-state index in [4.69, 9.17) is 0 Å². The maximum Gasteiger partial charge on any atom is 0.453 e. The first-order valence-electron chi connectivity index (χ1n) is 4.79. The Labute approximate surface area is 97.5 Å². The van der Waals surface area contributed by atoms with Gasteiger partial charge in [0, 0.05) is 0 Å². The first-order chi connectivity index (χ1) is 7.97. The van der Waals surface area contributed by atoms with Gasteiger partial charge >= 0.3 is 6.18 Å². The lowest BCUT2D eigenvalue weighted by atomic mass is 10.2. The van der Waals surface area contributed by atoms with E-state index >= 15 is 0 Å². The Morgan fingerprint density at radius 3 is 2.76 bits per heavy atom. The molecule has 0 unspecified atom stereocenters. The summed E-state index contributed by atoms with van der Waals surface area (Å²) >= 11 is 1.20. The van der Waals surface area contributed by atoms with Crippen molar-refractivity contribution in [1.29, 1.82) is 0 Å². The summed E-state index contributed by atoms with van der Waals surface area (Å²) in [4.78, 5) is 3.77. The number of hydrogen-bond acceptors (Lipinski definition) is 3. The summed E-state index contributed by atoms with van der Waals surface area (Å²) in [7, 11) is 0. The summed E-state index contributed by atoms with van der Waals surface area (Å²) in [5.74, 6) is -1.09. The molecule has 0 saturated heterocycles. The van der Waals surface area contributed by atoms with Gasteiger partial charge in [-0.25, -0.2) is 4.52 Å².